The fourth-order valence-corrected chi connectivity index (χ4v) is 1.02. The Morgan fingerprint density at radius 1 is 1.90 bits per heavy atom. The van der Waals surface area contributed by atoms with E-state index in [1.807, 2.05) is 0 Å². The predicted octanol–water partition coefficient (Wildman–Crippen LogP) is 1.12. The number of rotatable bonds is 2. The molecule has 52 valence electrons. The van der Waals surface area contributed by atoms with Crippen LogP contribution in [0.4, 0.5) is 5.13 Å². The first-order chi connectivity index (χ1) is 4.86. The molecule has 0 bridgehead atoms. The second-order valence-corrected chi connectivity index (χ2v) is 2.21. The monoisotopic (exact) mass is 156 g/mol. The van der Waals surface area contributed by atoms with Gasteiger partial charge in [0.1, 0.15) is 0 Å². The minimum absolute atomic E-state index is 0.367. The van der Waals surface area contributed by atoms with Crippen molar-refractivity contribution in [3.63, 3.8) is 0 Å². The van der Waals surface area contributed by atoms with Crippen molar-refractivity contribution in [3.05, 3.63) is 5.38 Å². The molecule has 0 spiro atoms. The van der Waals surface area contributed by atoms with Crippen molar-refractivity contribution in [2.24, 2.45) is 4.99 Å². The summed E-state index contributed by atoms with van der Waals surface area (Å²) in [5.41, 5.74) is 0. The van der Waals surface area contributed by atoms with E-state index in [-0.39, 0.29) is 0 Å². The molecular formula is C5H4N2O2S. The van der Waals surface area contributed by atoms with Crippen LogP contribution in [0.25, 0.3) is 0 Å². The Morgan fingerprint density at radius 3 is 3.20 bits per heavy atom. The summed E-state index contributed by atoms with van der Waals surface area (Å²) in [6, 6.07) is 0. The zero-order valence-corrected chi connectivity index (χ0v) is 6.01. The number of isocyanates is 1. The smallest absolute Gasteiger partial charge is 0.242 e. The molecule has 1 aromatic rings. The quantitative estimate of drug-likeness (QED) is 0.476. The molecule has 1 rings (SSSR count). The zero-order valence-electron chi connectivity index (χ0n) is 5.20. The SMILES string of the molecule is COc1csc(N=C=O)n1. The standard InChI is InChI=1S/C5H4N2O2S/c1-9-4-2-10-5(7-4)6-3-8/h2H,1H3. The van der Waals surface area contributed by atoms with Gasteiger partial charge in [0.15, 0.2) is 0 Å². The molecule has 0 aliphatic carbocycles. The first-order valence-electron chi connectivity index (χ1n) is 2.44. The van der Waals surface area contributed by atoms with E-state index >= 15 is 0 Å². The van der Waals surface area contributed by atoms with Crippen molar-refractivity contribution >= 4 is 22.5 Å². The lowest BCUT2D eigenvalue weighted by Crippen LogP contribution is -1.79. The van der Waals surface area contributed by atoms with Crippen molar-refractivity contribution in [2.45, 2.75) is 0 Å². The number of methoxy groups -OCH3 is 1. The third-order valence-electron chi connectivity index (χ3n) is 0.821. The van der Waals surface area contributed by atoms with E-state index in [1.54, 1.807) is 5.38 Å². The van der Waals surface area contributed by atoms with Crippen molar-refractivity contribution in [1.29, 1.82) is 0 Å². The maximum absolute atomic E-state index is 9.71. The van der Waals surface area contributed by atoms with Crippen LogP contribution < -0.4 is 4.74 Å². The lowest BCUT2D eigenvalue weighted by molar-refractivity contribution is 0.401. The molecule has 4 nitrogen and oxygen atoms in total. The van der Waals surface area contributed by atoms with Gasteiger partial charge in [-0.1, -0.05) is 11.3 Å². The highest BCUT2D eigenvalue weighted by atomic mass is 32.1. The van der Waals surface area contributed by atoms with Crippen LogP contribution in [-0.2, 0) is 4.79 Å². The number of thiazole rings is 1. The molecule has 0 aromatic carbocycles. The first kappa shape index (κ1) is 6.92. The van der Waals surface area contributed by atoms with Crippen LogP contribution in [0.5, 0.6) is 5.88 Å². The second kappa shape index (κ2) is 3.10. The molecule has 0 saturated heterocycles. The van der Waals surface area contributed by atoms with E-state index in [0.717, 1.165) is 0 Å². The lowest BCUT2D eigenvalue weighted by Gasteiger charge is -1.85. The van der Waals surface area contributed by atoms with Crippen molar-refractivity contribution in [2.75, 3.05) is 7.11 Å². The average molecular weight is 156 g/mol. The molecule has 1 aromatic heterocycles. The normalized spacial score (nSPS) is 8.50. The summed E-state index contributed by atoms with van der Waals surface area (Å²) < 4.78 is 4.75. The highest BCUT2D eigenvalue weighted by Crippen LogP contribution is 2.22. The van der Waals surface area contributed by atoms with Crippen molar-refractivity contribution < 1.29 is 9.53 Å². The van der Waals surface area contributed by atoms with Crippen LogP contribution in [0, 0.1) is 0 Å². The second-order valence-electron chi connectivity index (χ2n) is 1.38. The van der Waals surface area contributed by atoms with Crippen molar-refractivity contribution in [3.8, 4) is 5.88 Å². The summed E-state index contributed by atoms with van der Waals surface area (Å²) in [5.74, 6) is 0.471. The molecule has 0 unspecified atom stereocenters. The molecule has 10 heavy (non-hydrogen) atoms. The third-order valence-corrected chi connectivity index (χ3v) is 1.53. The molecule has 0 atom stereocenters. The number of aliphatic imine (C=N–C) groups is 1. The molecule has 0 aliphatic heterocycles. The number of aromatic nitrogens is 1. The number of hydrogen-bond donors (Lipinski definition) is 0. The first-order valence-corrected chi connectivity index (χ1v) is 3.32. The minimum Gasteiger partial charge on any atom is -0.480 e. The summed E-state index contributed by atoms with van der Waals surface area (Å²) >= 11 is 1.23. The predicted molar refractivity (Wildman–Crippen MR) is 36.4 cm³/mol. The van der Waals surface area contributed by atoms with Crippen LogP contribution >= 0.6 is 11.3 Å². The lowest BCUT2D eigenvalue weighted by atomic mass is 10.9. The maximum atomic E-state index is 9.71. The molecule has 5 heteroatoms. The number of hydrogen-bond acceptors (Lipinski definition) is 5. The Kier molecular flexibility index (Phi) is 2.15. The highest BCUT2D eigenvalue weighted by Gasteiger charge is 1.97. The van der Waals surface area contributed by atoms with Gasteiger partial charge in [0.2, 0.25) is 17.1 Å². The van der Waals surface area contributed by atoms with E-state index < -0.39 is 0 Å². The maximum Gasteiger partial charge on any atom is 0.242 e. The van der Waals surface area contributed by atoms with Gasteiger partial charge >= 0.3 is 0 Å². The highest BCUT2D eigenvalue weighted by molar-refractivity contribution is 7.13. The van der Waals surface area contributed by atoms with Crippen LogP contribution in [0.2, 0.25) is 0 Å². The van der Waals surface area contributed by atoms with Crippen LogP contribution in [-0.4, -0.2) is 18.2 Å². The van der Waals surface area contributed by atoms with Gasteiger partial charge in [-0.15, -0.1) is 4.99 Å². The molecule has 0 N–H and O–H groups in total. The summed E-state index contributed by atoms with van der Waals surface area (Å²) in [5, 5.41) is 2.03. The zero-order chi connectivity index (χ0) is 7.40. The van der Waals surface area contributed by atoms with Gasteiger partial charge in [0.05, 0.1) is 12.5 Å². The third kappa shape index (κ3) is 1.40. The van der Waals surface area contributed by atoms with Crippen LogP contribution in [0.1, 0.15) is 0 Å². The largest absolute Gasteiger partial charge is 0.480 e. The van der Waals surface area contributed by atoms with Crippen molar-refractivity contribution in [1.82, 2.24) is 4.98 Å². The fraction of sp³-hybridized carbons (Fsp3) is 0.200. The van der Waals surface area contributed by atoms with Gasteiger partial charge in [0, 0.05) is 0 Å². The summed E-state index contributed by atoms with van der Waals surface area (Å²) in [4.78, 5) is 16.8. The summed E-state index contributed by atoms with van der Waals surface area (Å²) in [6.45, 7) is 0. The molecular weight excluding hydrogens is 152 g/mol. The van der Waals surface area contributed by atoms with Gasteiger partial charge in [0.25, 0.3) is 0 Å². The molecule has 0 fully saturated rings. The number of carbonyl (C=O) groups excluding carboxylic acids is 1. The van der Waals surface area contributed by atoms with Crippen LogP contribution in [0.15, 0.2) is 10.4 Å². The molecule has 0 saturated carbocycles. The Labute approximate surface area is 61.2 Å². The summed E-state index contributed by atoms with van der Waals surface area (Å²) in [7, 11) is 1.50. The Morgan fingerprint density at radius 2 is 2.70 bits per heavy atom. The van der Waals surface area contributed by atoms with Gasteiger partial charge in [-0.25, -0.2) is 4.79 Å². The Hall–Kier alpha value is -1.19. The Balaban J connectivity index is 2.87. The van der Waals surface area contributed by atoms with Gasteiger partial charge in [-0.2, -0.15) is 4.98 Å². The number of ether oxygens (including phenoxy) is 1. The molecule has 0 aliphatic rings. The molecule has 0 amide bonds. The van der Waals surface area contributed by atoms with E-state index in [9.17, 15) is 4.79 Å². The topological polar surface area (TPSA) is 51.5 Å². The van der Waals surface area contributed by atoms with Crippen LogP contribution in [0.3, 0.4) is 0 Å². The minimum atomic E-state index is 0.367. The van der Waals surface area contributed by atoms with E-state index in [0.29, 0.717) is 11.0 Å². The average Bonchev–Trinajstić information content (AvgIpc) is 2.37. The number of nitrogens with zero attached hydrogens (tertiary/aromatic N) is 2. The Bertz CT molecular complexity index is 264. The fourth-order valence-electron chi connectivity index (χ4n) is 0.434. The van der Waals surface area contributed by atoms with E-state index in [4.69, 9.17) is 4.74 Å². The van der Waals surface area contributed by atoms with Gasteiger partial charge in [-0.3, -0.25) is 0 Å². The van der Waals surface area contributed by atoms with E-state index in [2.05, 4.69) is 9.98 Å². The van der Waals surface area contributed by atoms with Gasteiger partial charge < -0.3 is 4.74 Å². The molecule has 1 heterocycles. The van der Waals surface area contributed by atoms with E-state index in [1.165, 1.54) is 24.5 Å². The molecule has 0 radical (unpaired) electrons. The summed E-state index contributed by atoms with van der Waals surface area (Å²) in [6.07, 6.45) is 1.39. The van der Waals surface area contributed by atoms with Gasteiger partial charge in [-0.05, 0) is 0 Å².